The molecule has 5 rings (SSSR count). The largest absolute Gasteiger partial charge is 0.507 e. The van der Waals surface area contributed by atoms with Gasteiger partial charge in [0.1, 0.15) is 11.5 Å². The Kier molecular flexibility index (Phi) is 4.75. The minimum atomic E-state index is -0.807. The summed E-state index contributed by atoms with van der Waals surface area (Å²) in [6.07, 6.45) is 1.78. The number of aromatic nitrogens is 1. The van der Waals surface area contributed by atoms with Crippen molar-refractivity contribution in [1.82, 2.24) is 4.98 Å². The van der Waals surface area contributed by atoms with Crippen LogP contribution in [0.3, 0.4) is 0 Å². The molecule has 32 heavy (non-hydrogen) atoms. The van der Waals surface area contributed by atoms with Crippen LogP contribution in [0.4, 0.5) is 5.69 Å². The van der Waals surface area contributed by atoms with Gasteiger partial charge >= 0.3 is 0 Å². The number of rotatable bonds is 4. The average molecular weight is 424 g/mol. The zero-order valence-corrected chi connectivity index (χ0v) is 17.3. The molecule has 0 aliphatic carbocycles. The minimum Gasteiger partial charge on any atom is -0.507 e. The van der Waals surface area contributed by atoms with Gasteiger partial charge in [-0.05, 0) is 30.3 Å². The third-order valence-electron chi connectivity index (χ3n) is 5.76. The summed E-state index contributed by atoms with van der Waals surface area (Å²) in [5, 5.41) is 12.2. The molecular weight excluding hydrogens is 404 g/mol. The fraction of sp³-hybridized carbons (Fsp3) is 0.0769. The Balaban J connectivity index is 1.80. The van der Waals surface area contributed by atoms with Gasteiger partial charge in [0.25, 0.3) is 11.7 Å². The standard InChI is InChI=1S/C26H20N2O4/c1-32-21-14-8-6-12-18(21)24(29)22-23(19-15-27-20-13-7-5-11-17(19)20)28(26(31)25(22)30)16-9-3-2-4-10-16/h2-15,23,27,29H,1H3/b24-22+. The van der Waals surface area contributed by atoms with Crippen LogP contribution in [0.5, 0.6) is 5.75 Å². The summed E-state index contributed by atoms with van der Waals surface area (Å²) in [6, 6.07) is 22.7. The normalized spacial score (nSPS) is 17.8. The Morgan fingerprint density at radius 3 is 2.41 bits per heavy atom. The lowest BCUT2D eigenvalue weighted by molar-refractivity contribution is -0.132. The van der Waals surface area contributed by atoms with Crippen LogP contribution in [0.2, 0.25) is 0 Å². The van der Waals surface area contributed by atoms with Crippen LogP contribution in [0.25, 0.3) is 16.7 Å². The first kappa shape index (κ1) is 19.6. The number of nitrogens with zero attached hydrogens (tertiary/aromatic N) is 1. The molecule has 2 heterocycles. The van der Waals surface area contributed by atoms with Crippen molar-refractivity contribution < 1.29 is 19.4 Å². The van der Waals surface area contributed by atoms with E-state index in [2.05, 4.69) is 4.98 Å². The van der Waals surface area contributed by atoms with E-state index in [-0.39, 0.29) is 11.3 Å². The molecule has 6 heteroatoms. The summed E-state index contributed by atoms with van der Waals surface area (Å²) in [7, 11) is 1.49. The Labute approximate surface area is 184 Å². The van der Waals surface area contributed by atoms with Gasteiger partial charge in [-0.3, -0.25) is 14.5 Å². The maximum Gasteiger partial charge on any atom is 0.300 e. The number of para-hydroxylation sites is 3. The molecular formula is C26H20N2O4. The average Bonchev–Trinajstić information content (AvgIpc) is 3.37. The van der Waals surface area contributed by atoms with E-state index in [1.807, 2.05) is 30.3 Å². The highest BCUT2D eigenvalue weighted by Gasteiger charge is 2.47. The number of nitrogens with one attached hydrogen (secondary N) is 1. The fourth-order valence-corrected chi connectivity index (χ4v) is 4.29. The quantitative estimate of drug-likeness (QED) is 0.280. The molecule has 0 saturated carbocycles. The minimum absolute atomic E-state index is 0.0214. The van der Waals surface area contributed by atoms with Crippen molar-refractivity contribution in [2.75, 3.05) is 12.0 Å². The lowest BCUT2D eigenvalue weighted by atomic mass is 9.94. The molecule has 1 aliphatic heterocycles. The lowest BCUT2D eigenvalue weighted by Gasteiger charge is -2.25. The van der Waals surface area contributed by atoms with Crippen LogP contribution in [0.1, 0.15) is 17.2 Å². The second-order valence-electron chi connectivity index (χ2n) is 7.49. The van der Waals surface area contributed by atoms with Crippen molar-refractivity contribution in [2.45, 2.75) is 6.04 Å². The SMILES string of the molecule is COc1ccccc1/C(O)=C1\C(=O)C(=O)N(c2ccccc2)C1c1c[nH]c2ccccc12. The summed E-state index contributed by atoms with van der Waals surface area (Å²) in [4.78, 5) is 31.2. The molecule has 6 nitrogen and oxygen atoms in total. The second-order valence-corrected chi connectivity index (χ2v) is 7.49. The maximum atomic E-state index is 13.3. The number of methoxy groups -OCH3 is 1. The van der Waals surface area contributed by atoms with Gasteiger partial charge in [0.2, 0.25) is 0 Å². The van der Waals surface area contributed by atoms with Crippen molar-refractivity contribution in [2.24, 2.45) is 0 Å². The molecule has 4 aromatic rings. The van der Waals surface area contributed by atoms with Crippen molar-refractivity contribution in [3.8, 4) is 5.75 Å². The number of ether oxygens (including phenoxy) is 1. The van der Waals surface area contributed by atoms with E-state index in [9.17, 15) is 14.7 Å². The van der Waals surface area contributed by atoms with Crippen LogP contribution < -0.4 is 9.64 Å². The highest BCUT2D eigenvalue weighted by molar-refractivity contribution is 6.52. The van der Waals surface area contributed by atoms with Crippen molar-refractivity contribution in [3.05, 3.63) is 102 Å². The zero-order chi connectivity index (χ0) is 22.2. The first-order valence-corrected chi connectivity index (χ1v) is 10.2. The number of ketones is 1. The topological polar surface area (TPSA) is 82.6 Å². The first-order chi connectivity index (χ1) is 15.6. The molecule has 1 saturated heterocycles. The van der Waals surface area contributed by atoms with E-state index in [0.717, 1.165) is 16.5 Å². The summed E-state index contributed by atoms with van der Waals surface area (Å²) in [5.41, 5.74) is 2.54. The number of Topliss-reactive ketones (excluding diaryl/α,β-unsaturated/α-hetero) is 1. The Hall–Kier alpha value is -4.32. The summed E-state index contributed by atoms with van der Waals surface area (Å²) in [6.45, 7) is 0. The number of aliphatic hydroxyl groups excluding tert-OH is 1. The van der Waals surface area contributed by atoms with Gasteiger partial charge in [0, 0.05) is 28.4 Å². The number of aromatic amines is 1. The van der Waals surface area contributed by atoms with Crippen molar-refractivity contribution >= 4 is 34.0 Å². The Bertz CT molecular complexity index is 1370. The monoisotopic (exact) mass is 424 g/mol. The summed E-state index contributed by atoms with van der Waals surface area (Å²) < 4.78 is 5.39. The van der Waals surface area contributed by atoms with Gasteiger partial charge in [-0.25, -0.2) is 0 Å². The van der Waals surface area contributed by atoms with Crippen LogP contribution in [0.15, 0.2) is 90.6 Å². The number of H-pyrrole nitrogens is 1. The van der Waals surface area contributed by atoms with E-state index in [1.54, 1.807) is 54.7 Å². The predicted octanol–water partition coefficient (Wildman–Crippen LogP) is 4.80. The molecule has 1 unspecified atom stereocenters. The highest BCUT2D eigenvalue weighted by Crippen LogP contribution is 2.44. The molecule has 3 aromatic carbocycles. The maximum absolute atomic E-state index is 13.3. The smallest absolute Gasteiger partial charge is 0.300 e. The number of carbonyl (C=O) groups is 2. The van der Waals surface area contributed by atoms with Gasteiger partial charge in [-0.15, -0.1) is 0 Å². The Morgan fingerprint density at radius 1 is 0.938 bits per heavy atom. The molecule has 1 fully saturated rings. The molecule has 158 valence electrons. The molecule has 0 spiro atoms. The van der Waals surface area contributed by atoms with Crippen LogP contribution in [-0.4, -0.2) is 28.9 Å². The van der Waals surface area contributed by atoms with E-state index in [4.69, 9.17) is 4.74 Å². The predicted molar refractivity (Wildman–Crippen MR) is 123 cm³/mol. The van der Waals surface area contributed by atoms with E-state index in [1.165, 1.54) is 12.0 Å². The van der Waals surface area contributed by atoms with Gasteiger partial charge in [0.05, 0.1) is 24.3 Å². The molecule has 2 N–H and O–H groups in total. The van der Waals surface area contributed by atoms with Crippen molar-refractivity contribution in [1.29, 1.82) is 0 Å². The highest BCUT2D eigenvalue weighted by atomic mass is 16.5. The molecule has 1 atom stereocenters. The fourth-order valence-electron chi connectivity index (χ4n) is 4.29. The van der Waals surface area contributed by atoms with E-state index < -0.39 is 17.7 Å². The number of hydrogen-bond acceptors (Lipinski definition) is 4. The van der Waals surface area contributed by atoms with Crippen LogP contribution in [0, 0.1) is 0 Å². The second kappa shape index (κ2) is 7.74. The zero-order valence-electron chi connectivity index (χ0n) is 17.3. The summed E-state index contributed by atoms with van der Waals surface area (Å²) >= 11 is 0. The third-order valence-corrected chi connectivity index (χ3v) is 5.76. The molecule has 0 radical (unpaired) electrons. The van der Waals surface area contributed by atoms with Crippen LogP contribution >= 0.6 is 0 Å². The lowest BCUT2D eigenvalue weighted by Crippen LogP contribution is -2.29. The molecule has 1 amide bonds. The molecule has 1 aliphatic rings. The van der Waals surface area contributed by atoms with Gasteiger partial charge in [0.15, 0.2) is 0 Å². The number of carbonyl (C=O) groups excluding carboxylic acids is 2. The number of anilines is 1. The van der Waals surface area contributed by atoms with E-state index in [0.29, 0.717) is 17.0 Å². The first-order valence-electron chi connectivity index (χ1n) is 10.2. The number of hydrogen-bond donors (Lipinski definition) is 2. The van der Waals surface area contributed by atoms with E-state index >= 15 is 0 Å². The van der Waals surface area contributed by atoms with Gasteiger partial charge in [-0.2, -0.15) is 0 Å². The number of aliphatic hydroxyl groups is 1. The third kappa shape index (κ3) is 2.96. The van der Waals surface area contributed by atoms with Crippen molar-refractivity contribution in [3.63, 3.8) is 0 Å². The van der Waals surface area contributed by atoms with Gasteiger partial charge < -0.3 is 14.8 Å². The Morgan fingerprint density at radius 2 is 1.62 bits per heavy atom. The van der Waals surface area contributed by atoms with Crippen LogP contribution in [-0.2, 0) is 9.59 Å². The van der Waals surface area contributed by atoms with Gasteiger partial charge in [-0.1, -0.05) is 48.5 Å². The molecule has 0 bridgehead atoms. The number of fused-ring (bicyclic) bond motifs is 1. The summed E-state index contributed by atoms with van der Waals surface area (Å²) in [5.74, 6) is -1.29. The molecule has 1 aromatic heterocycles. The number of amides is 1. The number of benzene rings is 3.